The summed E-state index contributed by atoms with van der Waals surface area (Å²) in [5.74, 6) is 0.771. The smallest absolute Gasteiger partial charge is 0.312 e. The molecule has 6 aliphatic rings. The summed E-state index contributed by atoms with van der Waals surface area (Å²) in [5, 5.41) is 32.4. The molecular weight excluding hydrogens is 452 g/mol. The van der Waals surface area contributed by atoms with Crippen LogP contribution in [-0.4, -0.2) is 47.2 Å². The van der Waals surface area contributed by atoms with Gasteiger partial charge in [0, 0.05) is 5.41 Å². The number of carbonyl (C=O) groups excluding carboxylic acids is 1. The van der Waals surface area contributed by atoms with Gasteiger partial charge >= 0.3 is 5.97 Å². The summed E-state index contributed by atoms with van der Waals surface area (Å²) < 4.78 is 5.50. The van der Waals surface area contributed by atoms with Gasteiger partial charge in [0.15, 0.2) is 0 Å². The van der Waals surface area contributed by atoms with E-state index in [0.29, 0.717) is 12.3 Å². The topological polar surface area (TPSA) is 87.0 Å². The fraction of sp³-hybridized carbons (Fsp3) is 0.903. The Hall–Kier alpha value is -0.910. The van der Waals surface area contributed by atoms with Crippen molar-refractivity contribution in [3.8, 4) is 0 Å². The lowest BCUT2D eigenvalue weighted by molar-refractivity contribution is -0.234. The van der Waals surface area contributed by atoms with E-state index in [0.717, 1.165) is 51.4 Å². The first-order chi connectivity index (χ1) is 16.7. The molecule has 0 bridgehead atoms. The van der Waals surface area contributed by atoms with Crippen LogP contribution in [0.2, 0.25) is 0 Å². The number of fused-ring (bicyclic) bond motifs is 4. The largest absolute Gasteiger partial charge is 0.469 e. The van der Waals surface area contributed by atoms with Crippen molar-refractivity contribution in [2.24, 2.45) is 55.7 Å². The average Bonchev–Trinajstić information content (AvgIpc) is 3.54. The number of allylic oxidation sites excluding steroid dienone is 2. The number of rotatable bonds is 2. The van der Waals surface area contributed by atoms with Gasteiger partial charge in [-0.1, -0.05) is 46.8 Å². The van der Waals surface area contributed by atoms with Crippen molar-refractivity contribution in [3.05, 3.63) is 12.2 Å². The highest BCUT2D eigenvalue weighted by atomic mass is 16.5. The summed E-state index contributed by atoms with van der Waals surface area (Å²) in [6.45, 7) is 11.5. The average molecular weight is 501 g/mol. The number of methoxy groups -OCH3 is 1. The van der Waals surface area contributed by atoms with Crippen molar-refractivity contribution in [1.82, 2.24) is 0 Å². The highest BCUT2D eigenvalue weighted by molar-refractivity contribution is 5.78. The van der Waals surface area contributed by atoms with E-state index in [2.05, 4.69) is 39.8 Å². The second-order valence-corrected chi connectivity index (χ2v) is 15.6. The third-order valence-electron chi connectivity index (χ3n) is 13.9. The van der Waals surface area contributed by atoms with Gasteiger partial charge in [0.05, 0.1) is 31.3 Å². The van der Waals surface area contributed by atoms with E-state index in [1.165, 1.54) is 0 Å². The van der Waals surface area contributed by atoms with Gasteiger partial charge in [-0.05, 0) is 103 Å². The van der Waals surface area contributed by atoms with E-state index in [-0.39, 0.29) is 56.9 Å². The van der Waals surface area contributed by atoms with E-state index in [1.807, 2.05) is 6.92 Å². The van der Waals surface area contributed by atoms with Crippen LogP contribution in [0.5, 0.6) is 0 Å². The normalized spacial score (nSPS) is 58.4. The Labute approximate surface area is 217 Å². The molecule has 5 nitrogen and oxygen atoms in total. The third kappa shape index (κ3) is 2.62. The van der Waals surface area contributed by atoms with Crippen LogP contribution in [0.3, 0.4) is 0 Å². The Morgan fingerprint density at radius 1 is 0.972 bits per heavy atom. The first-order valence-corrected chi connectivity index (χ1v) is 14.5. The number of ether oxygens (including phenoxy) is 1. The molecule has 0 amide bonds. The van der Waals surface area contributed by atoms with Crippen molar-refractivity contribution >= 4 is 5.97 Å². The third-order valence-corrected chi connectivity index (χ3v) is 13.9. The molecule has 0 saturated heterocycles. The number of aliphatic hydroxyl groups excluding tert-OH is 3. The van der Waals surface area contributed by atoms with Crippen LogP contribution >= 0.6 is 0 Å². The predicted molar refractivity (Wildman–Crippen MR) is 138 cm³/mol. The summed E-state index contributed by atoms with van der Waals surface area (Å²) in [6, 6.07) is 0. The molecular formula is C31H48O5. The second-order valence-electron chi connectivity index (χ2n) is 15.6. The van der Waals surface area contributed by atoms with Crippen LogP contribution in [0.4, 0.5) is 0 Å². The lowest BCUT2D eigenvalue weighted by Gasteiger charge is -2.68. The summed E-state index contributed by atoms with van der Waals surface area (Å²) in [6.07, 6.45) is 12.1. The van der Waals surface area contributed by atoms with Crippen molar-refractivity contribution in [2.45, 2.75) is 105 Å². The molecule has 202 valence electrons. The van der Waals surface area contributed by atoms with E-state index < -0.39 is 17.6 Å². The Kier molecular flexibility index (Phi) is 5.06. The van der Waals surface area contributed by atoms with Crippen LogP contribution < -0.4 is 0 Å². The second kappa shape index (κ2) is 7.18. The fourth-order valence-electron chi connectivity index (χ4n) is 12.0. The van der Waals surface area contributed by atoms with Gasteiger partial charge in [-0.2, -0.15) is 0 Å². The Morgan fingerprint density at radius 2 is 1.67 bits per heavy atom. The maximum Gasteiger partial charge on any atom is 0.312 e. The zero-order valence-corrected chi connectivity index (χ0v) is 23.3. The molecule has 5 fully saturated rings. The van der Waals surface area contributed by atoms with Gasteiger partial charge < -0.3 is 20.1 Å². The molecule has 3 N–H and O–H groups in total. The van der Waals surface area contributed by atoms with Gasteiger partial charge in [-0.3, -0.25) is 4.79 Å². The van der Waals surface area contributed by atoms with Crippen LogP contribution in [0, 0.1) is 55.7 Å². The summed E-state index contributed by atoms with van der Waals surface area (Å²) in [7, 11) is 1.57. The lowest BCUT2D eigenvalue weighted by atomic mass is 9.36. The van der Waals surface area contributed by atoms with Crippen molar-refractivity contribution in [3.63, 3.8) is 0 Å². The molecule has 0 aromatic rings. The van der Waals surface area contributed by atoms with E-state index in [4.69, 9.17) is 4.74 Å². The molecule has 11 unspecified atom stereocenters. The number of esters is 1. The van der Waals surface area contributed by atoms with Crippen LogP contribution in [0.25, 0.3) is 0 Å². The maximum atomic E-state index is 13.4. The zero-order chi connectivity index (χ0) is 26.2. The van der Waals surface area contributed by atoms with Crippen molar-refractivity contribution in [2.75, 3.05) is 13.7 Å². The summed E-state index contributed by atoms with van der Waals surface area (Å²) in [4.78, 5) is 13.4. The highest BCUT2D eigenvalue weighted by Gasteiger charge is 2.84. The molecule has 36 heavy (non-hydrogen) atoms. The lowest BCUT2D eigenvalue weighted by Crippen LogP contribution is -2.67. The van der Waals surface area contributed by atoms with Gasteiger partial charge in [0.1, 0.15) is 0 Å². The Bertz CT molecular complexity index is 1000. The first kappa shape index (κ1) is 25.4. The quantitative estimate of drug-likeness (QED) is 0.372. The minimum absolute atomic E-state index is 0.0114. The minimum atomic E-state index is -0.893. The number of aliphatic hydroxyl groups is 3. The summed E-state index contributed by atoms with van der Waals surface area (Å²) in [5.41, 5.74) is -0.708. The van der Waals surface area contributed by atoms with Crippen LogP contribution in [-0.2, 0) is 9.53 Å². The van der Waals surface area contributed by atoms with Crippen LogP contribution in [0.1, 0.15) is 92.4 Å². The molecule has 0 aromatic carbocycles. The summed E-state index contributed by atoms with van der Waals surface area (Å²) >= 11 is 0. The van der Waals surface area contributed by atoms with Crippen molar-refractivity contribution in [1.29, 1.82) is 0 Å². The standard InChI is InChI=1S/C31H48O5/c1-25(2)11-12-29(24(35)36-6)13-14-31-17-30(31,22(29)16-25)10-8-21-26(3)15-19(33)23(34)27(4,18-32)20(26)7-9-28(21,31)5/h8,10,19-23,32-34H,7,9,11-18H2,1-6H3. The van der Waals surface area contributed by atoms with Gasteiger partial charge in [0.25, 0.3) is 0 Å². The molecule has 0 spiro atoms. The predicted octanol–water partition coefficient (Wildman–Crippen LogP) is 4.88. The first-order valence-electron chi connectivity index (χ1n) is 14.5. The number of hydrogen-bond donors (Lipinski definition) is 3. The zero-order valence-electron chi connectivity index (χ0n) is 23.3. The van der Waals surface area contributed by atoms with Crippen LogP contribution in [0.15, 0.2) is 12.2 Å². The molecule has 0 radical (unpaired) electrons. The SMILES string of the molecule is COC(=O)C12CCC(C)(C)CC1C13C=CC4C5(C)CC(O)C(O)C(C)(CO)C5CCC4(C)C1(CC2)C3. The Morgan fingerprint density at radius 3 is 2.33 bits per heavy atom. The van der Waals surface area contributed by atoms with E-state index in [9.17, 15) is 20.1 Å². The molecule has 6 rings (SSSR count). The fourth-order valence-corrected chi connectivity index (χ4v) is 12.0. The maximum absolute atomic E-state index is 13.4. The van der Waals surface area contributed by atoms with E-state index in [1.54, 1.807) is 7.11 Å². The molecule has 0 heterocycles. The molecule has 11 atom stereocenters. The monoisotopic (exact) mass is 500 g/mol. The molecule has 5 heteroatoms. The Balaban J connectivity index is 1.46. The highest BCUT2D eigenvalue weighted by Crippen LogP contribution is 2.90. The van der Waals surface area contributed by atoms with Crippen molar-refractivity contribution < 1.29 is 24.9 Å². The number of carbonyl (C=O) groups is 1. The van der Waals surface area contributed by atoms with E-state index >= 15 is 0 Å². The molecule has 0 aliphatic heterocycles. The molecule has 5 saturated carbocycles. The molecule has 6 aliphatic carbocycles. The van der Waals surface area contributed by atoms with Gasteiger partial charge in [0.2, 0.25) is 0 Å². The number of hydrogen-bond acceptors (Lipinski definition) is 5. The van der Waals surface area contributed by atoms with Gasteiger partial charge in [-0.15, -0.1) is 0 Å². The minimum Gasteiger partial charge on any atom is -0.469 e. The molecule has 0 aromatic heterocycles. The van der Waals surface area contributed by atoms with Gasteiger partial charge in [-0.25, -0.2) is 0 Å².